The molecule has 0 saturated carbocycles. The Morgan fingerprint density at radius 3 is 0.973 bits per heavy atom. The Hall–Kier alpha value is -2.48. The molecule has 0 rings (SSSR count). The van der Waals surface area contributed by atoms with Crippen molar-refractivity contribution in [3.05, 3.63) is 0 Å². The van der Waals surface area contributed by atoms with Gasteiger partial charge in [-0.25, -0.2) is 39.1 Å². The number of nitrogens with zero attached hydrogens (tertiary/aromatic N) is 4. The van der Waals surface area contributed by atoms with Gasteiger partial charge in [-0.2, -0.15) is 0 Å². The van der Waals surface area contributed by atoms with E-state index in [9.17, 15) is 19.2 Å². The van der Waals surface area contributed by atoms with Gasteiger partial charge in [0, 0.05) is 0 Å². The van der Waals surface area contributed by atoms with E-state index in [4.69, 9.17) is 0 Å². The van der Waals surface area contributed by atoms with Gasteiger partial charge < -0.3 is 0 Å². The third-order valence-electron chi connectivity index (χ3n) is 6.95. The van der Waals surface area contributed by atoms with Gasteiger partial charge >= 0.3 is 0 Å². The highest BCUT2D eigenvalue weighted by Crippen LogP contribution is 2.30. The zero-order valence-electron chi connectivity index (χ0n) is 22.8. The molecule has 208 valence electrons. The molecular weight excluding hydrogens is 468 g/mol. The molecule has 0 radical (unpaired) electrons. The molecule has 0 aromatic heterocycles. The van der Waals surface area contributed by atoms with Gasteiger partial charge in [0.1, 0.15) is 0 Å². The van der Waals surface area contributed by atoms with Gasteiger partial charge in [0.2, 0.25) is 24.3 Å². The summed E-state index contributed by atoms with van der Waals surface area (Å²) in [7, 11) is 0. The average molecular weight is 517 g/mol. The zero-order chi connectivity index (χ0) is 27.1. The number of aliphatic imine (C=N–C) groups is 4. The number of isocyanates is 4. The third kappa shape index (κ3) is 26.4. The van der Waals surface area contributed by atoms with Crippen LogP contribution in [0.4, 0.5) is 0 Å². The van der Waals surface area contributed by atoms with Gasteiger partial charge in [-0.05, 0) is 56.8 Å². The Bertz CT molecular complexity index is 659. The molecule has 0 aromatic rings. The van der Waals surface area contributed by atoms with Crippen LogP contribution in [0.25, 0.3) is 0 Å². The van der Waals surface area contributed by atoms with Gasteiger partial charge in [-0.15, -0.1) is 0 Å². The summed E-state index contributed by atoms with van der Waals surface area (Å²) < 4.78 is 0. The van der Waals surface area contributed by atoms with Gasteiger partial charge in [0.05, 0.1) is 26.2 Å². The van der Waals surface area contributed by atoms with Crippen molar-refractivity contribution in [3.8, 4) is 0 Å². The number of carbonyl (C=O) groups excluding carboxylic acids is 4. The summed E-state index contributed by atoms with van der Waals surface area (Å²) in [6.45, 7) is 2.29. The molecule has 37 heavy (non-hydrogen) atoms. The van der Waals surface area contributed by atoms with Crippen LogP contribution in [0.3, 0.4) is 0 Å². The van der Waals surface area contributed by atoms with E-state index in [1.165, 1.54) is 70.6 Å². The van der Waals surface area contributed by atoms with Crippen molar-refractivity contribution in [1.82, 2.24) is 0 Å². The van der Waals surface area contributed by atoms with Crippen molar-refractivity contribution in [3.63, 3.8) is 0 Å². The van der Waals surface area contributed by atoms with Gasteiger partial charge in [0.25, 0.3) is 0 Å². The summed E-state index contributed by atoms with van der Waals surface area (Å²) in [5.74, 6) is 1.25. The molecule has 8 nitrogen and oxygen atoms in total. The minimum atomic E-state index is 0.556. The van der Waals surface area contributed by atoms with E-state index in [-0.39, 0.29) is 0 Å². The van der Waals surface area contributed by atoms with E-state index < -0.39 is 0 Å². The molecule has 0 aliphatic rings. The topological polar surface area (TPSA) is 118 Å². The van der Waals surface area contributed by atoms with Crippen LogP contribution in [-0.2, 0) is 19.2 Å². The third-order valence-corrected chi connectivity index (χ3v) is 6.95. The fourth-order valence-corrected chi connectivity index (χ4v) is 4.99. The van der Waals surface area contributed by atoms with Crippen LogP contribution < -0.4 is 0 Å². The lowest BCUT2D eigenvalue weighted by Gasteiger charge is -2.24. The van der Waals surface area contributed by atoms with E-state index in [1.54, 1.807) is 24.3 Å². The molecule has 0 heterocycles. The summed E-state index contributed by atoms with van der Waals surface area (Å²) in [6, 6.07) is 0. The van der Waals surface area contributed by atoms with Crippen LogP contribution in [0.5, 0.6) is 0 Å². The molecule has 0 spiro atoms. The zero-order valence-corrected chi connectivity index (χ0v) is 22.8. The number of unbranched alkanes of at least 4 members (excludes halogenated alkanes) is 10. The fraction of sp³-hybridized carbons (Fsp3) is 0.862. The molecular formula is C29H48N4O4. The predicted octanol–water partition coefficient (Wildman–Crippen LogP) is 6.97. The van der Waals surface area contributed by atoms with E-state index in [0.29, 0.717) is 38.0 Å². The second-order valence-corrected chi connectivity index (χ2v) is 9.96. The molecule has 0 bridgehead atoms. The molecule has 2 unspecified atom stereocenters. The van der Waals surface area contributed by atoms with Crippen LogP contribution in [0.2, 0.25) is 0 Å². The van der Waals surface area contributed by atoms with Crippen molar-refractivity contribution in [2.24, 2.45) is 31.8 Å². The van der Waals surface area contributed by atoms with Gasteiger partial charge in [0.15, 0.2) is 0 Å². The maximum Gasteiger partial charge on any atom is 0.234 e. The van der Waals surface area contributed by atoms with E-state index in [1.807, 2.05) is 0 Å². The van der Waals surface area contributed by atoms with Crippen molar-refractivity contribution in [1.29, 1.82) is 0 Å². The standard InChI is InChI=1S/C29H48N4O4/c34-24-30-19-11-7-3-1-5-9-15-28(17-13-21-32-26-36)23-29(18-14-22-33-27-37)16-10-6-2-4-8-12-20-31-25-35/h28-29H,1-23H2. The van der Waals surface area contributed by atoms with Crippen molar-refractivity contribution >= 4 is 24.3 Å². The molecule has 8 heteroatoms. The lowest BCUT2D eigenvalue weighted by molar-refractivity contribution is 0.288. The van der Waals surface area contributed by atoms with Crippen molar-refractivity contribution < 1.29 is 19.2 Å². The van der Waals surface area contributed by atoms with Crippen LogP contribution in [-0.4, -0.2) is 50.5 Å². The van der Waals surface area contributed by atoms with E-state index in [0.717, 1.165) is 51.4 Å². The quantitative estimate of drug-likeness (QED) is 0.0633. The largest absolute Gasteiger partial charge is 0.234 e. The average Bonchev–Trinajstić information content (AvgIpc) is 2.91. The molecule has 2 atom stereocenters. The fourth-order valence-electron chi connectivity index (χ4n) is 4.99. The van der Waals surface area contributed by atoms with Crippen LogP contribution >= 0.6 is 0 Å². The maximum absolute atomic E-state index is 10.4. The SMILES string of the molecule is O=C=NCCCCCCCCC(CCCN=C=O)CC(CCCCCCCCN=C=O)CCCN=C=O. The summed E-state index contributed by atoms with van der Waals surface area (Å²) in [6.07, 6.45) is 27.9. The Morgan fingerprint density at radius 2 is 0.622 bits per heavy atom. The first-order valence-corrected chi connectivity index (χ1v) is 14.4. The van der Waals surface area contributed by atoms with Gasteiger partial charge in [-0.1, -0.05) is 77.0 Å². The van der Waals surface area contributed by atoms with E-state index >= 15 is 0 Å². The number of rotatable bonds is 28. The second-order valence-electron chi connectivity index (χ2n) is 9.96. The normalized spacial score (nSPS) is 11.9. The monoisotopic (exact) mass is 516 g/mol. The molecule has 0 saturated heterocycles. The Morgan fingerprint density at radius 1 is 0.351 bits per heavy atom. The second kappa shape index (κ2) is 29.7. The Labute approximate surface area is 223 Å². The lowest BCUT2D eigenvalue weighted by atomic mass is 9.82. The molecule has 0 fully saturated rings. The molecule has 0 N–H and O–H groups in total. The highest BCUT2D eigenvalue weighted by Gasteiger charge is 2.16. The first-order chi connectivity index (χ1) is 18.3. The predicted molar refractivity (Wildman–Crippen MR) is 147 cm³/mol. The summed E-state index contributed by atoms with van der Waals surface area (Å²) in [5, 5.41) is 0. The Kier molecular flexibility index (Phi) is 27.8. The molecule has 0 aromatic carbocycles. The van der Waals surface area contributed by atoms with Crippen molar-refractivity contribution in [2.45, 2.75) is 122 Å². The summed E-state index contributed by atoms with van der Waals surface area (Å²) in [4.78, 5) is 55.8. The minimum absolute atomic E-state index is 0.556. The highest BCUT2D eigenvalue weighted by molar-refractivity contribution is 5.33. The van der Waals surface area contributed by atoms with Gasteiger partial charge in [-0.3, -0.25) is 0 Å². The lowest BCUT2D eigenvalue weighted by Crippen LogP contribution is -2.11. The van der Waals surface area contributed by atoms with E-state index in [2.05, 4.69) is 20.0 Å². The maximum atomic E-state index is 10.4. The Balaban J connectivity index is 4.54. The molecule has 0 aliphatic carbocycles. The number of hydrogen-bond donors (Lipinski definition) is 0. The van der Waals surface area contributed by atoms with Crippen LogP contribution in [0.1, 0.15) is 122 Å². The summed E-state index contributed by atoms with van der Waals surface area (Å²) in [5.41, 5.74) is 0. The van der Waals surface area contributed by atoms with Crippen LogP contribution in [0, 0.1) is 11.8 Å². The summed E-state index contributed by atoms with van der Waals surface area (Å²) >= 11 is 0. The smallest absolute Gasteiger partial charge is 0.211 e. The first kappa shape index (κ1) is 34.5. The van der Waals surface area contributed by atoms with Crippen molar-refractivity contribution in [2.75, 3.05) is 26.2 Å². The first-order valence-electron chi connectivity index (χ1n) is 14.4. The molecule has 0 aliphatic heterocycles. The molecule has 0 amide bonds. The number of hydrogen-bond acceptors (Lipinski definition) is 8. The van der Waals surface area contributed by atoms with Crippen LogP contribution in [0.15, 0.2) is 20.0 Å². The minimum Gasteiger partial charge on any atom is -0.211 e. The highest BCUT2D eigenvalue weighted by atomic mass is 16.1.